The summed E-state index contributed by atoms with van der Waals surface area (Å²) in [6.07, 6.45) is 2.50. The van der Waals surface area contributed by atoms with Crippen molar-refractivity contribution < 1.29 is 9.59 Å². The zero-order valence-corrected chi connectivity index (χ0v) is 16.7. The standard InChI is InChI=1S/C20H23ClN2O2S/c1-13-5-4-6-15(11-13)19(24)23-18(9-10-26-3)20(25)22-17-8-7-14(2)12-16(17)21/h4-8,11-12,18H,9-10H2,1-3H3,(H,22,25)(H,23,24). The van der Waals surface area contributed by atoms with Gasteiger partial charge in [0.1, 0.15) is 6.04 Å². The molecule has 138 valence electrons. The number of amides is 2. The van der Waals surface area contributed by atoms with Gasteiger partial charge in [0.05, 0.1) is 10.7 Å². The van der Waals surface area contributed by atoms with Crippen molar-refractivity contribution >= 4 is 40.9 Å². The summed E-state index contributed by atoms with van der Waals surface area (Å²) in [7, 11) is 0. The fourth-order valence-corrected chi connectivity index (χ4v) is 3.23. The Balaban J connectivity index is 2.12. The normalized spacial score (nSPS) is 11.7. The molecule has 0 radical (unpaired) electrons. The van der Waals surface area contributed by atoms with Gasteiger partial charge in [0.15, 0.2) is 0 Å². The number of halogens is 1. The maximum Gasteiger partial charge on any atom is 0.251 e. The van der Waals surface area contributed by atoms with Crippen LogP contribution in [-0.4, -0.2) is 29.9 Å². The molecule has 0 fully saturated rings. The van der Waals surface area contributed by atoms with Gasteiger partial charge < -0.3 is 10.6 Å². The first-order valence-corrected chi connectivity index (χ1v) is 10.1. The number of hydrogen-bond acceptors (Lipinski definition) is 3. The van der Waals surface area contributed by atoms with Crippen LogP contribution in [-0.2, 0) is 4.79 Å². The number of carbonyl (C=O) groups excluding carboxylic acids is 2. The van der Waals surface area contributed by atoms with Gasteiger partial charge in [-0.2, -0.15) is 11.8 Å². The van der Waals surface area contributed by atoms with Gasteiger partial charge in [0, 0.05) is 5.56 Å². The van der Waals surface area contributed by atoms with Crippen LogP contribution < -0.4 is 10.6 Å². The molecule has 0 heterocycles. The van der Waals surface area contributed by atoms with Crippen molar-refractivity contribution in [3.63, 3.8) is 0 Å². The minimum atomic E-state index is -0.632. The minimum Gasteiger partial charge on any atom is -0.340 e. The summed E-state index contributed by atoms with van der Waals surface area (Å²) in [5, 5.41) is 6.14. The molecule has 2 amide bonds. The predicted molar refractivity (Wildman–Crippen MR) is 110 cm³/mol. The van der Waals surface area contributed by atoms with E-state index in [1.165, 1.54) is 0 Å². The number of anilines is 1. The van der Waals surface area contributed by atoms with Crippen LogP contribution >= 0.6 is 23.4 Å². The van der Waals surface area contributed by atoms with E-state index in [-0.39, 0.29) is 11.8 Å². The highest BCUT2D eigenvalue weighted by atomic mass is 35.5. The molecule has 2 rings (SSSR count). The van der Waals surface area contributed by atoms with E-state index >= 15 is 0 Å². The van der Waals surface area contributed by atoms with Crippen molar-refractivity contribution in [3.05, 3.63) is 64.2 Å². The molecule has 6 heteroatoms. The van der Waals surface area contributed by atoms with Crippen molar-refractivity contribution in [2.45, 2.75) is 26.3 Å². The second-order valence-corrected chi connectivity index (χ2v) is 7.54. The van der Waals surface area contributed by atoms with Crippen LogP contribution in [0.3, 0.4) is 0 Å². The van der Waals surface area contributed by atoms with Crippen LogP contribution in [0, 0.1) is 13.8 Å². The third-order valence-corrected chi connectivity index (χ3v) is 4.85. The molecule has 2 aromatic rings. The Bertz CT molecular complexity index is 795. The highest BCUT2D eigenvalue weighted by molar-refractivity contribution is 7.98. The van der Waals surface area contributed by atoms with E-state index in [1.54, 1.807) is 36.0 Å². The number of nitrogens with one attached hydrogen (secondary N) is 2. The van der Waals surface area contributed by atoms with E-state index < -0.39 is 6.04 Å². The number of thioether (sulfide) groups is 1. The lowest BCUT2D eigenvalue weighted by Crippen LogP contribution is -2.44. The third-order valence-electron chi connectivity index (χ3n) is 3.90. The number of aryl methyl sites for hydroxylation is 2. The average molecular weight is 391 g/mol. The van der Waals surface area contributed by atoms with E-state index in [2.05, 4.69) is 10.6 Å². The summed E-state index contributed by atoms with van der Waals surface area (Å²) in [6, 6.07) is 12.1. The van der Waals surface area contributed by atoms with E-state index in [0.717, 1.165) is 16.9 Å². The molecule has 0 aliphatic carbocycles. The van der Waals surface area contributed by atoms with Gasteiger partial charge >= 0.3 is 0 Å². The van der Waals surface area contributed by atoms with Gasteiger partial charge in [-0.15, -0.1) is 0 Å². The van der Waals surface area contributed by atoms with E-state index in [1.807, 2.05) is 38.3 Å². The fourth-order valence-electron chi connectivity index (χ4n) is 2.47. The van der Waals surface area contributed by atoms with Gasteiger partial charge in [-0.3, -0.25) is 9.59 Å². The largest absolute Gasteiger partial charge is 0.340 e. The van der Waals surface area contributed by atoms with Crippen LogP contribution in [0.5, 0.6) is 0 Å². The number of carbonyl (C=O) groups is 2. The maximum atomic E-state index is 12.7. The maximum absolute atomic E-state index is 12.7. The fraction of sp³-hybridized carbons (Fsp3) is 0.300. The van der Waals surface area contributed by atoms with Crippen molar-refractivity contribution in [1.82, 2.24) is 5.32 Å². The minimum absolute atomic E-state index is 0.259. The van der Waals surface area contributed by atoms with E-state index in [0.29, 0.717) is 22.7 Å². The van der Waals surface area contributed by atoms with Crippen molar-refractivity contribution in [2.24, 2.45) is 0 Å². The lowest BCUT2D eigenvalue weighted by molar-refractivity contribution is -0.118. The van der Waals surface area contributed by atoms with Crippen LogP contribution in [0.4, 0.5) is 5.69 Å². The molecule has 0 spiro atoms. The second kappa shape index (κ2) is 9.64. The van der Waals surface area contributed by atoms with Gasteiger partial charge in [-0.25, -0.2) is 0 Å². The lowest BCUT2D eigenvalue weighted by Gasteiger charge is -2.19. The molecule has 0 saturated heterocycles. The number of hydrogen-bond donors (Lipinski definition) is 2. The average Bonchev–Trinajstić information content (AvgIpc) is 2.60. The highest BCUT2D eigenvalue weighted by Crippen LogP contribution is 2.23. The van der Waals surface area contributed by atoms with Crippen LogP contribution in [0.1, 0.15) is 27.9 Å². The molecule has 0 aromatic heterocycles. The molecule has 2 aromatic carbocycles. The second-order valence-electron chi connectivity index (χ2n) is 6.15. The zero-order chi connectivity index (χ0) is 19.1. The molecule has 1 atom stereocenters. The van der Waals surface area contributed by atoms with Gasteiger partial charge in [-0.05, 0) is 62.1 Å². The monoisotopic (exact) mass is 390 g/mol. The Morgan fingerprint density at radius 1 is 1.12 bits per heavy atom. The number of benzene rings is 2. The lowest BCUT2D eigenvalue weighted by atomic mass is 10.1. The predicted octanol–water partition coefficient (Wildman–Crippen LogP) is 4.45. The molecule has 26 heavy (non-hydrogen) atoms. The molecular formula is C20H23ClN2O2S. The SMILES string of the molecule is CSCCC(NC(=O)c1cccc(C)c1)C(=O)Nc1ccc(C)cc1Cl. The third kappa shape index (κ3) is 5.78. The molecule has 0 saturated carbocycles. The molecule has 0 bridgehead atoms. The Hall–Kier alpha value is -1.98. The quantitative estimate of drug-likeness (QED) is 0.734. The smallest absolute Gasteiger partial charge is 0.251 e. The Morgan fingerprint density at radius 2 is 1.85 bits per heavy atom. The van der Waals surface area contributed by atoms with Crippen molar-refractivity contribution in [2.75, 3.05) is 17.3 Å². The first kappa shape index (κ1) is 20.3. The molecule has 4 nitrogen and oxygen atoms in total. The summed E-state index contributed by atoms with van der Waals surface area (Å²) < 4.78 is 0. The molecule has 0 aliphatic heterocycles. The van der Waals surface area contributed by atoms with Crippen LogP contribution in [0.25, 0.3) is 0 Å². The van der Waals surface area contributed by atoms with E-state index in [9.17, 15) is 9.59 Å². The van der Waals surface area contributed by atoms with Gasteiger partial charge in [-0.1, -0.05) is 35.4 Å². The van der Waals surface area contributed by atoms with Crippen molar-refractivity contribution in [1.29, 1.82) is 0 Å². The number of rotatable bonds is 7. The molecular weight excluding hydrogens is 368 g/mol. The summed E-state index contributed by atoms with van der Waals surface area (Å²) in [5.41, 5.74) is 3.09. The highest BCUT2D eigenvalue weighted by Gasteiger charge is 2.22. The Morgan fingerprint density at radius 3 is 2.50 bits per heavy atom. The van der Waals surface area contributed by atoms with Crippen LogP contribution in [0.15, 0.2) is 42.5 Å². The summed E-state index contributed by atoms with van der Waals surface area (Å²) in [5.74, 6) is 0.226. The Labute approximate surface area is 163 Å². The zero-order valence-electron chi connectivity index (χ0n) is 15.1. The molecule has 1 unspecified atom stereocenters. The summed E-state index contributed by atoms with van der Waals surface area (Å²) >= 11 is 7.82. The summed E-state index contributed by atoms with van der Waals surface area (Å²) in [4.78, 5) is 25.2. The van der Waals surface area contributed by atoms with Crippen molar-refractivity contribution in [3.8, 4) is 0 Å². The molecule has 0 aliphatic rings. The summed E-state index contributed by atoms with van der Waals surface area (Å²) in [6.45, 7) is 3.86. The van der Waals surface area contributed by atoms with Gasteiger partial charge in [0.25, 0.3) is 5.91 Å². The first-order valence-electron chi connectivity index (χ1n) is 8.34. The Kier molecular flexibility index (Phi) is 7.54. The van der Waals surface area contributed by atoms with Gasteiger partial charge in [0.2, 0.25) is 5.91 Å². The van der Waals surface area contributed by atoms with Crippen LogP contribution in [0.2, 0.25) is 5.02 Å². The van der Waals surface area contributed by atoms with E-state index in [4.69, 9.17) is 11.6 Å². The first-order chi connectivity index (χ1) is 12.4. The topological polar surface area (TPSA) is 58.2 Å². The molecule has 2 N–H and O–H groups in total.